The Labute approximate surface area is 125 Å². The lowest BCUT2D eigenvalue weighted by Gasteiger charge is -2.32. The topological polar surface area (TPSA) is 0 Å². The van der Waals surface area contributed by atoms with Gasteiger partial charge in [-0.3, -0.25) is 0 Å². The Kier molecular flexibility index (Phi) is 5.17. The Morgan fingerprint density at radius 1 is 0.550 bits per heavy atom. The molecule has 4 aliphatic carbocycles. The minimum Gasteiger partial charge on any atom is -0.0882 e. The SMILES string of the molecule is C1=CC2CCCCC2C=C1.C1=CCC2CCCCC2C1. The zero-order valence-corrected chi connectivity index (χ0v) is 12.8. The molecule has 0 heterocycles. The average molecular weight is 270 g/mol. The Hall–Kier alpha value is -0.780. The van der Waals surface area contributed by atoms with E-state index in [1.54, 1.807) is 0 Å². The quantitative estimate of drug-likeness (QED) is 0.469. The summed E-state index contributed by atoms with van der Waals surface area (Å²) in [5.41, 5.74) is 0. The van der Waals surface area contributed by atoms with Crippen molar-refractivity contribution < 1.29 is 0 Å². The van der Waals surface area contributed by atoms with Gasteiger partial charge in [0.15, 0.2) is 0 Å². The molecule has 0 saturated heterocycles. The predicted octanol–water partition coefficient (Wildman–Crippen LogP) is 6.06. The highest BCUT2D eigenvalue weighted by molar-refractivity contribution is 5.14. The zero-order valence-electron chi connectivity index (χ0n) is 12.8. The Balaban J connectivity index is 0.000000121. The summed E-state index contributed by atoms with van der Waals surface area (Å²) in [4.78, 5) is 0. The standard InChI is InChI=1S/C10H16.C10H14/c2*1-2-6-10-8-4-3-7-9(10)5-1/h1-2,9-10H,3-8H2;1-2,5-6,9-10H,3-4,7-8H2. The number of hydrogen-bond acceptors (Lipinski definition) is 0. The summed E-state index contributed by atoms with van der Waals surface area (Å²) in [5.74, 6) is 3.91. The van der Waals surface area contributed by atoms with E-state index >= 15 is 0 Å². The molecule has 4 atom stereocenters. The monoisotopic (exact) mass is 270 g/mol. The van der Waals surface area contributed by atoms with Crippen LogP contribution in [0.2, 0.25) is 0 Å². The van der Waals surface area contributed by atoms with Crippen molar-refractivity contribution in [3.8, 4) is 0 Å². The minimum absolute atomic E-state index is 0.888. The van der Waals surface area contributed by atoms with Gasteiger partial charge in [-0.2, -0.15) is 0 Å². The molecule has 0 aromatic rings. The Morgan fingerprint density at radius 3 is 1.50 bits per heavy atom. The molecule has 0 amide bonds. The zero-order chi connectivity index (χ0) is 13.6. The first-order valence-electron chi connectivity index (χ1n) is 8.93. The van der Waals surface area contributed by atoms with Crippen molar-refractivity contribution in [1.82, 2.24) is 0 Å². The van der Waals surface area contributed by atoms with Crippen LogP contribution in [0.15, 0.2) is 36.5 Å². The van der Waals surface area contributed by atoms with Gasteiger partial charge in [-0.15, -0.1) is 0 Å². The van der Waals surface area contributed by atoms with Crippen LogP contribution in [0.1, 0.15) is 64.2 Å². The van der Waals surface area contributed by atoms with Crippen LogP contribution >= 0.6 is 0 Å². The first-order chi connectivity index (χ1) is 9.93. The van der Waals surface area contributed by atoms with E-state index in [0.717, 1.165) is 23.7 Å². The molecule has 4 rings (SSSR count). The van der Waals surface area contributed by atoms with Crippen molar-refractivity contribution in [2.45, 2.75) is 64.2 Å². The van der Waals surface area contributed by atoms with Crippen LogP contribution in [0.4, 0.5) is 0 Å². The molecular formula is C20H30. The number of rotatable bonds is 0. The average Bonchev–Trinajstić information content (AvgIpc) is 2.56. The van der Waals surface area contributed by atoms with Gasteiger partial charge in [-0.05, 0) is 62.2 Å². The Morgan fingerprint density at radius 2 is 1.00 bits per heavy atom. The maximum absolute atomic E-state index is 2.38. The number of hydrogen-bond donors (Lipinski definition) is 0. The fourth-order valence-corrected chi connectivity index (χ4v) is 4.53. The maximum Gasteiger partial charge on any atom is -0.0167 e. The van der Waals surface area contributed by atoms with Crippen LogP contribution in [-0.2, 0) is 0 Å². The molecule has 0 aromatic carbocycles. The first kappa shape index (κ1) is 14.2. The molecule has 0 heteroatoms. The molecule has 2 fully saturated rings. The van der Waals surface area contributed by atoms with E-state index in [1.165, 1.54) is 64.2 Å². The van der Waals surface area contributed by atoms with Gasteiger partial charge in [0.2, 0.25) is 0 Å². The molecule has 0 bridgehead atoms. The van der Waals surface area contributed by atoms with Crippen molar-refractivity contribution in [2.75, 3.05) is 0 Å². The van der Waals surface area contributed by atoms with E-state index in [2.05, 4.69) is 36.5 Å². The highest BCUT2D eigenvalue weighted by Gasteiger charge is 2.24. The lowest BCUT2D eigenvalue weighted by Crippen LogP contribution is -2.20. The van der Waals surface area contributed by atoms with E-state index in [1.807, 2.05) is 0 Å². The molecule has 110 valence electrons. The number of fused-ring (bicyclic) bond motifs is 2. The lowest BCUT2D eigenvalue weighted by atomic mass is 9.73. The molecule has 0 radical (unpaired) electrons. The number of allylic oxidation sites excluding steroid dienone is 6. The van der Waals surface area contributed by atoms with Crippen molar-refractivity contribution >= 4 is 0 Å². The second-order valence-corrected chi connectivity index (χ2v) is 7.13. The molecule has 4 aliphatic rings. The second kappa shape index (κ2) is 7.29. The maximum atomic E-state index is 2.38. The van der Waals surface area contributed by atoms with Gasteiger partial charge in [0, 0.05) is 0 Å². The highest BCUT2D eigenvalue weighted by atomic mass is 14.3. The lowest BCUT2D eigenvalue weighted by molar-refractivity contribution is 0.231. The third kappa shape index (κ3) is 3.65. The van der Waals surface area contributed by atoms with Crippen LogP contribution in [0.5, 0.6) is 0 Å². The predicted molar refractivity (Wildman–Crippen MR) is 87.6 cm³/mol. The molecule has 2 saturated carbocycles. The fourth-order valence-electron chi connectivity index (χ4n) is 4.53. The van der Waals surface area contributed by atoms with Gasteiger partial charge >= 0.3 is 0 Å². The van der Waals surface area contributed by atoms with Gasteiger partial charge < -0.3 is 0 Å². The van der Waals surface area contributed by atoms with Crippen LogP contribution in [0, 0.1) is 23.7 Å². The largest absolute Gasteiger partial charge is 0.0882 e. The highest BCUT2D eigenvalue weighted by Crippen LogP contribution is 2.37. The second-order valence-electron chi connectivity index (χ2n) is 7.13. The fraction of sp³-hybridized carbons (Fsp3) is 0.700. The van der Waals surface area contributed by atoms with Crippen LogP contribution < -0.4 is 0 Å². The van der Waals surface area contributed by atoms with E-state index in [4.69, 9.17) is 0 Å². The summed E-state index contributed by atoms with van der Waals surface area (Å²) in [6.45, 7) is 0. The van der Waals surface area contributed by atoms with Crippen LogP contribution in [0.25, 0.3) is 0 Å². The smallest absolute Gasteiger partial charge is 0.0167 e. The van der Waals surface area contributed by atoms with Gasteiger partial charge in [0.1, 0.15) is 0 Å². The third-order valence-corrected chi connectivity index (χ3v) is 5.81. The van der Waals surface area contributed by atoms with Gasteiger partial charge in [-0.25, -0.2) is 0 Å². The molecule has 0 spiro atoms. The van der Waals surface area contributed by atoms with Crippen molar-refractivity contribution in [1.29, 1.82) is 0 Å². The summed E-state index contributed by atoms with van der Waals surface area (Å²) < 4.78 is 0. The van der Waals surface area contributed by atoms with Crippen molar-refractivity contribution in [2.24, 2.45) is 23.7 Å². The first-order valence-corrected chi connectivity index (χ1v) is 8.93. The molecule has 0 nitrogen and oxygen atoms in total. The van der Waals surface area contributed by atoms with Crippen LogP contribution in [-0.4, -0.2) is 0 Å². The van der Waals surface area contributed by atoms with E-state index in [-0.39, 0.29) is 0 Å². The summed E-state index contributed by atoms with van der Waals surface area (Å²) in [5, 5.41) is 0. The van der Waals surface area contributed by atoms with Crippen molar-refractivity contribution in [3.63, 3.8) is 0 Å². The molecular weight excluding hydrogens is 240 g/mol. The molecule has 20 heavy (non-hydrogen) atoms. The molecule has 0 aliphatic heterocycles. The molecule has 0 N–H and O–H groups in total. The molecule has 0 aromatic heterocycles. The van der Waals surface area contributed by atoms with Gasteiger partial charge in [0.05, 0.1) is 0 Å². The Bertz CT molecular complexity index is 337. The molecule has 4 unspecified atom stereocenters. The van der Waals surface area contributed by atoms with E-state index < -0.39 is 0 Å². The van der Waals surface area contributed by atoms with Gasteiger partial charge in [0.25, 0.3) is 0 Å². The summed E-state index contributed by atoms with van der Waals surface area (Å²) in [7, 11) is 0. The third-order valence-electron chi connectivity index (χ3n) is 5.81. The minimum atomic E-state index is 0.888. The normalized spacial score (nSPS) is 38.4. The van der Waals surface area contributed by atoms with Gasteiger partial charge in [-0.1, -0.05) is 62.1 Å². The van der Waals surface area contributed by atoms with Crippen LogP contribution in [0.3, 0.4) is 0 Å². The van der Waals surface area contributed by atoms with Crippen molar-refractivity contribution in [3.05, 3.63) is 36.5 Å². The van der Waals surface area contributed by atoms with E-state index in [0.29, 0.717) is 0 Å². The van der Waals surface area contributed by atoms with E-state index in [9.17, 15) is 0 Å². The summed E-state index contributed by atoms with van der Waals surface area (Å²) >= 11 is 0. The summed E-state index contributed by atoms with van der Waals surface area (Å²) in [6.07, 6.45) is 28.4. The summed E-state index contributed by atoms with van der Waals surface area (Å²) in [6, 6.07) is 0.